The molecule has 154 valence electrons. The van der Waals surface area contributed by atoms with Crippen LogP contribution in [-0.2, 0) is 17.9 Å². The predicted octanol–water partition coefficient (Wildman–Crippen LogP) is 2.52. The minimum absolute atomic E-state index is 0. The van der Waals surface area contributed by atoms with Crippen LogP contribution in [0.1, 0.15) is 38.8 Å². The Bertz CT molecular complexity index is 735. The Kier molecular flexibility index (Phi) is 9.98. The Labute approximate surface area is 184 Å². The van der Waals surface area contributed by atoms with E-state index in [9.17, 15) is 4.79 Å². The number of hydrogen-bond acceptors (Lipinski definition) is 3. The largest absolute Gasteiger partial charge is 0.357 e. The lowest BCUT2D eigenvalue weighted by Gasteiger charge is -2.21. The van der Waals surface area contributed by atoms with Gasteiger partial charge in [0.25, 0.3) is 0 Å². The summed E-state index contributed by atoms with van der Waals surface area (Å²) in [6, 6.07) is 8.35. The minimum Gasteiger partial charge on any atom is -0.357 e. The third-order valence-corrected chi connectivity index (χ3v) is 3.64. The van der Waals surface area contributed by atoms with Gasteiger partial charge in [-0.3, -0.25) is 4.79 Å². The van der Waals surface area contributed by atoms with Crippen LogP contribution < -0.4 is 16.0 Å². The summed E-state index contributed by atoms with van der Waals surface area (Å²) in [6.07, 6.45) is 5.53. The Hall–Kier alpha value is -2.10. The van der Waals surface area contributed by atoms with Crippen molar-refractivity contribution >= 4 is 35.8 Å². The van der Waals surface area contributed by atoms with Crippen LogP contribution in [0.5, 0.6) is 0 Å². The molecule has 1 heterocycles. The van der Waals surface area contributed by atoms with E-state index in [1.165, 1.54) is 5.56 Å². The fourth-order valence-electron chi connectivity index (χ4n) is 2.48. The highest BCUT2D eigenvalue weighted by Gasteiger charge is 2.13. The minimum atomic E-state index is -0.243. The number of benzene rings is 1. The van der Waals surface area contributed by atoms with Crippen molar-refractivity contribution in [2.24, 2.45) is 4.99 Å². The van der Waals surface area contributed by atoms with Gasteiger partial charge >= 0.3 is 0 Å². The zero-order valence-corrected chi connectivity index (χ0v) is 19.4. The molecular weight excluding hydrogens is 467 g/mol. The number of carbonyl (C=O) groups is 1. The average molecular weight is 498 g/mol. The molecule has 28 heavy (non-hydrogen) atoms. The first kappa shape index (κ1) is 23.9. The normalized spacial score (nSPS) is 11.5. The van der Waals surface area contributed by atoms with Gasteiger partial charge in [0.2, 0.25) is 5.91 Å². The molecule has 1 aromatic carbocycles. The Morgan fingerprint density at radius 1 is 1.14 bits per heavy atom. The molecule has 0 aliphatic carbocycles. The second-order valence-electron chi connectivity index (χ2n) is 7.40. The van der Waals surface area contributed by atoms with E-state index >= 15 is 0 Å². The Morgan fingerprint density at radius 2 is 1.82 bits per heavy atom. The van der Waals surface area contributed by atoms with E-state index in [0.717, 1.165) is 18.7 Å². The maximum atomic E-state index is 11.9. The van der Waals surface area contributed by atoms with E-state index in [4.69, 9.17) is 0 Å². The summed E-state index contributed by atoms with van der Waals surface area (Å²) in [5, 5.41) is 9.16. The molecule has 0 unspecified atom stereocenters. The lowest BCUT2D eigenvalue weighted by Crippen LogP contribution is -2.48. The quantitative estimate of drug-likeness (QED) is 0.311. The smallest absolute Gasteiger partial charge is 0.239 e. The van der Waals surface area contributed by atoms with Crippen molar-refractivity contribution in [3.8, 4) is 0 Å². The maximum Gasteiger partial charge on any atom is 0.239 e. The lowest BCUT2D eigenvalue weighted by atomic mass is 10.1. The van der Waals surface area contributed by atoms with Crippen LogP contribution in [0.15, 0.2) is 48.0 Å². The number of imidazole rings is 1. The van der Waals surface area contributed by atoms with Crippen molar-refractivity contribution in [2.75, 3.05) is 13.1 Å². The summed E-state index contributed by atoms with van der Waals surface area (Å²) in [7, 11) is 0. The summed E-state index contributed by atoms with van der Waals surface area (Å²) in [5.74, 6) is 0.570. The number of rotatable bonds is 7. The molecule has 3 N–H and O–H groups in total. The third kappa shape index (κ3) is 9.20. The highest BCUT2D eigenvalue weighted by molar-refractivity contribution is 14.0. The fraction of sp³-hybridized carbons (Fsp3) is 0.450. The van der Waals surface area contributed by atoms with Gasteiger partial charge in [-0.05, 0) is 38.8 Å². The van der Waals surface area contributed by atoms with Crippen LogP contribution in [0.4, 0.5) is 0 Å². The third-order valence-electron chi connectivity index (χ3n) is 3.64. The number of nitrogens with zero attached hydrogens (tertiary/aromatic N) is 3. The predicted molar refractivity (Wildman–Crippen MR) is 124 cm³/mol. The van der Waals surface area contributed by atoms with Crippen molar-refractivity contribution in [3.05, 3.63) is 54.1 Å². The van der Waals surface area contributed by atoms with Crippen LogP contribution in [0, 0.1) is 0 Å². The Morgan fingerprint density at radius 3 is 2.39 bits per heavy atom. The standard InChI is InChI=1S/C20H30N6O.HI/c1-5-22-19(24-13-18(27)25-20(2,3)4)23-12-16-6-8-17(9-7-16)14-26-11-10-21-15-26;/h6-11,15H,5,12-14H2,1-4H3,(H,25,27)(H2,22,23,24);1H. The second kappa shape index (κ2) is 11.7. The number of aromatic nitrogens is 2. The molecule has 1 amide bonds. The molecule has 8 heteroatoms. The van der Waals surface area contributed by atoms with Gasteiger partial charge in [0.05, 0.1) is 19.4 Å². The average Bonchev–Trinajstić information content (AvgIpc) is 3.10. The van der Waals surface area contributed by atoms with E-state index in [1.54, 1.807) is 6.20 Å². The molecule has 2 aromatic rings. The van der Waals surface area contributed by atoms with Gasteiger partial charge < -0.3 is 20.5 Å². The molecule has 0 aliphatic heterocycles. The molecule has 0 saturated heterocycles. The molecule has 2 rings (SSSR count). The van der Waals surface area contributed by atoms with Crippen LogP contribution >= 0.6 is 24.0 Å². The Balaban J connectivity index is 0.00000392. The van der Waals surface area contributed by atoms with Gasteiger partial charge in [0, 0.05) is 31.0 Å². The number of nitrogens with one attached hydrogen (secondary N) is 3. The first-order valence-electron chi connectivity index (χ1n) is 9.22. The van der Waals surface area contributed by atoms with Crippen molar-refractivity contribution in [1.82, 2.24) is 25.5 Å². The second-order valence-corrected chi connectivity index (χ2v) is 7.40. The number of hydrogen-bond donors (Lipinski definition) is 3. The number of halogens is 1. The molecule has 0 fully saturated rings. The van der Waals surface area contributed by atoms with Gasteiger partial charge in [-0.15, -0.1) is 24.0 Å². The number of guanidine groups is 1. The lowest BCUT2D eigenvalue weighted by molar-refractivity contribution is -0.121. The van der Waals surface area contributed by atoms with Crippen molar-refractivity contribution < 1.29 is 4.79 Å². The molecule has 0 aliphatic rings. The molecule has 0 spiro atoms. The molecule has 0 radical (unpaired) electrons. The summed E-state index contributed by atoms with van der Waals surface area (Å²) in [5.41, 5.74) is 2.08. The highest BCUT2D eigenvalue weighted by atomic mass is 127. The van der Waals surface area contributed by atoms with Crippen LogP contribution in [0.2, 0.25) is 0 Å². The summed E-state index contributed by atoms with van der Waals surface area (Å²) in [6.45, 7) is 10.1. The number of aliphatic imine (C=N–C) groups is 1. The van der Waals surface area contributed by atoms with E-state index in [-0.39, 0.29) is 42.0 Å². The highest BCUT2D eigenvalue weighted by Crippen LogP contribution is 2.07. The molecule has 0 atom stereocenters. The molecule has 1 aromatic heterocycles. The maximum absolute atomic E-state index is 11.9. The van der Waals surface area contributed by atoms with Gasteiger partial charge in [0.1, 0.15) is 0 Å². The molecule has 0 bridgehead atoms. The van der Waals surface area contributed by atoms with Crippen molar-refractivity contribution in [2.45, 2.75) is 46.3 Å². The summed E-state index contributed by atoms with van der Waals surface area (Å²) >= 11 is 0. The SMILES string of the molecule is CCNC(=NCc1ccc(Cn2ccnc2)cc1)NCC(=O)NC(C)(C)C.I. The number of carbonyl (C=O) groups excluding carboxylic acids is 1. The van der Waals surface area contributed by atoms with Gasteiger partial charge in [-0.25, -0.2) is 9.98 Å². The van der Waals surface area contributed by atoms with E-state index in [0.29, 0.717) is 12.5 Å². The number of amides is 1. The molecule has 7 nitrogen and oxygen atoms in total. The molecular formula is C20H31IN6O. The summed E-state index contributed by atoms with van der Waals surface area (Å²) in [4.78, 5) is 20.6. The van der Waals surface area contributed by atoms with Crippen LogP contribution in [0.3, 0.4) is 0 Å². The topological polar surface area (TPSA) is 83.3 Å². The first-order valence-corrected chi connectivity index (χ1v) is 9.22. The van der Waals surface area contributed by atoms with Gasteiger partial charge in [-0.2, -0.15) is 0 Å². The zero-order chi connectivity index (χ0) is 19.7. The fourth-order valence-corrected chi connectivity index (χ4v) is 2.48. The van der Waals surface area contributed by atoms with E-state index in [1.807, 2.05) is 44.8 Å². The molecule has 0 saturated carbocycles. The zero-order valence-electron chi connectivity index (χ0n) is 17.0. The summed E-state index contributed by atoms with van der Waals surface area (Å²) < 4.78 is 2.03. The van der Waals surface area contributed by atoms with Gasteiger partial charge in [0.15, 0.2) is 5.96 Å². The monoisotopic (exact) mass is 498 g/mol. The van der Waals surface area contributed by atoms with Crippen molar-refractivity contribution in [1.29, 1.82) is 0 Å². The van der Waals surface area contributed by atoms with Crippen LogP contribution in [-0.4, -0.2) is 40.0 Å². The van der Waals surface area contributed by atoms with Crippen molar-refractivity contribution in [3.63, 3.8) is 0 Å². The van der Waals surface area contributed by atoms with E-state index < -0.39 is 0 Å². The van der Waals surface area contributed by atoms with Gasteiger partial charge in [-0.1, -0.05) is 24.3 Å². The first-order chi connectivity index (χ1) is 12.9. The van der Waals surface area contributed by atoms with E-state index in [2.05, 4.69) is 50.2 Å². The van der Waals surface area contributed by atoms with Crippen LogP contribution in [0.25, 0.3) is 0 Å².